The van der Waals surface area contributed by atoms with Crippen LogP contribution in [0.3, 0.4) is 0 Å². The summed E-state index contributed by atoms with van der Waals surface area (Å²) in [5, 5.41) is 34.3. The van der Waals surface area contributed by atoms with Crippen molar-refractivity contribution in [2.24, 2.45) is 34.0 Å². The second-order valence-corrected chi connectivity index (χ2v) is 9.90. The molecule has 0 aromatic rings. The molecule has 0 aromatic heterocycles. The summed E-state index contributed by atoms with van der Waals surface area (Å²) in [5.74, 6) is -3.25. The highest BCUT2D eigenvalue weighted by Gasteiger charge is 2.88. The van der Waals surface area contributed by atoms with Gasteiger partial charge in [-0.15, -0.1) is 0 Å². The molecule has 10 atom stereocenters. The van der Waals surface area contributed by atoms with Gasteiger partial charge in [0.05, 0.1) is 12.7 Å². The van der Waals surface area contributed by atoms with Crippen LogP contribution in [0, 0.1) is 34.0 Å². The van der Waals surface area contributed by atoms with Crippen LogP contribution in [0.2, 0.25) is 0 Å². The average Bonchev–Trinajstić information content (AvgIpc) is 2.70. The van der Waals surface area contributed by atoms with Gasteiger partial charge in [0.2, 0.25) is 5.79 Å². The number of rotatable bonds is 0. The minimum absolute atomic E-state index is 0.192. The van der Waals surface area contributed by atoms with Crippen LogP contribution < -0.4 is 0 Å². The van der Waals surface area contributed by atoms with E-state index in [0.29, 0.717) is 18.6 Å². The first-order valence-electron chi connectivity index (χ1n) is 9.87. The first-order valence-corrected chi connectivity index (χ1v) is 9.87. The fraction of sp³-hybridized carbons (Fsp3) is 0.850. The summed E-state index contributed by atoms with van der Waals surface area (Å²) in [6.07, 6.45) is 1.18. The number of carbonyl (C=O) groups is 1. The SMILES string of the molecule is C=C1C(=O)[C@]23[C@H](O)[C@H]1CC[C@H]2[C@@]12CCC[C@@]4(C)CO[C@H]1O[C@@]3(O)[C@@H](O)[C@H]42. The smallest absolute Gasteiger partial charge is 0.211 e. The van der Waals surface area contributed by atoms with Gasteiger partial charge in [-0.1, -0.05) is 19.9 Å². The van der Waals surface area contributed by atoms with Crippen LogP contribution in [0.15, 0.2) is 12.2 Å². The number of ketones is 1. The van der Waals surface area contributed by atoms with E-state index in [1.165, 1.54) is 0 Å². The van der Waals surface area contributed by atoms with E-state index in [9.17, 15) is 20.1 Å². The predicted molar refractivity (Wildman–Crippen MR) is 88.5 cm³/mol. The van der Waals surface area contributed by atoms with Crippen molar-refractivity contribution in [2.45, 2.75) is 63.3 Å². The summed E-state index contributed by atoms with van der Waals surface area (Å²) in [7, 11) is 0. The van der Waals surface area contributed by atoms with Crippen molar-refractivity contribution in [2.75, 3.05) is 6.61 Å². The molecule has 26 heavy (non-hydrogen) atoms. The zero-order chi connectivity index (χ0) is 18.3. The Morgan fingerprint density at radius 3 is 2.73 bits per heavy atom. The van der Waals surface area contributed by atoms with Crippen LogP contribution in [-0.4, -0.2) is 52.0 Å². The molecule has 0 radical (unpaired) electrons. The Morgan fingerprint density at radius 2 is 1.96 bits per heavy atom. The molecule has 2 spiro atoms. The highest BCUT2D eigenvalue weighted by atomic mass is 16.8. The molecule has 6 nitrogen and oxygen atoms in total. The predicted octanol–water partition coefficient (Wildman–Crippen LogP) is 0.741. The Balaban J connectivity index is 1.67. The molecule has 0 unspecified atom stereocenters. The fourth-order valence-corrected chi connectivity index (χ4v) is 8.44. The van der Waals surface area contributed by atoms with E-state index in [0.717, 1.165) is 25.7 Å². The van der Waals surface area contributed by atoms with Gasteiger partial charge in [-0.25, -0.2) is 0 Å². The van der Waals surface area contributed by atoms with E-state index < -0.39 is 35.1 Å². The van der Waals surface area contributed by atoms with E-state index in [-0.39, 0.29) is 29.0 Å². The Kier molecular flexibility index (Phi) is 2.66. The molecule has 7 fully saturated rings. The maximum Gasteiger partial charge on any atom is 0.211 e. The summed E-state index contributed by atoms with van der Waals surface area (Å²) in [4.78, 5) is 13.4. The minimum Gasteiger partial charge on any atom is -0.391 e. The fourth-order valence-electron chi connectivity index (χ4n) is 8.44. The first kappa shape index (κ1) is 16.2. The van der Waals surface area contributed by atoms with Gasteiger partial charge in [0.1, 0.15) is 11.5 Å². The van der Waals surface area contributed by atoms with Gasteiger partial charge in [-0.2, -0.15) is 0 Å². The number of hydrogen-bond acceptors (Lipinski definition) is 6. The lowest BCUT2D eigenvalue weighted by Gasteiger charge is -2.77. The molecule has 7 bridgehead atoms. The summed E-state index contributed by atoms with van der Waals surface area (Å²) < 4.78 is 12.1. The van der Waals surface area contributed by atoms with E-state index in [1.54, 1.807) is 0 Å². The van der Waals surface area contributed by atoms with Crippen molar-refractivity contribution >= 4 is 5.78 Å². The van der Waals surface area contributed by atoms with Gasteiger partial charge >= 0.3 is 0 Å². The summed E-state index contributed by atoms with van der Waals surface area (Å²) in [6.45, 7) is 6.53. The lowest BCUT2D eigenvalue weighted by molar-refractivity contribution is -0.522. The molecule has 3 heterocycles. The van der Waals surface area contributed by atoms with Gasteiger partial charge in [0, 0.05) is 17.3 Å². The molecular weight excluding hydrogens is 336 g/mol. The third-order valence-corrected chi connectivity index (χ3v) is 9.21. The molecule has 7 rings (SSSR count). The van der Waals surface area contributed by atoms with Crippen molar-refractivity contribution in [3.8, 4) is 0 Å². The third-order valence-electron chi connectivity index (χ3n) is 9.21. The molecule has 3 aliphatic heterocycles. The van der Waals surface area contributed by atoms with Gasteiger partial charge in [-0.05, 0) is 42.6 Å². The number of hydrogen-bond donors (Lipinski definition) is 3. The second kappa shape index (κ2) is 4.28. The molecular formula is C20H26O6. The van der Waals surface area contributed by atoms with Gasteiger partial charge < -0.3 is 24.8 Å². The summed E-state index contributed by atoms with van der Waals surface area (Å²) in [5.41, 5.74) is -1.94. The number of ether oxygens (including phenoxy) is 2. The molecule has 142 valence electrons. The Hall–Kier alpha value is -0.790. The Labute approximate surface area is 152 Å². The molecule has 3 saturated heterocycles. The Morgan fingerprint density at radius 1 is 1.19 bits per heavy atom. The molecule has 0 aromatic carbocycles. The maximum atomic E-state index is 13.4. The van der Waals surface area contributed by atoms with Crippen molar-refractivity contribution < 1.29 is 29.6 Å². The van der Waals surface area contributed by atoms with Crippen molar-refractivity contribution in [1.29, 1.82) is 0 Å². The quantitative estimate of drug-likeness (QED) is 0.550. The molecule has 4 aliphatic carbocycles. The van der Waals surface area contributed by atoms with Crippen LogP contribution in [0.4, 0.5) is 0 Å². The van der Waals surface area contributed by atoms with Crippen LogP contribution in [0.1, 0.15) is 39.0 Å². The standard InChI is InChI=1S/C20H26O6/c1-9-10-4-5-11-18-7-3-6-17(2)8-25-16(18)26-20(24,15(23)12(17)18)19(11,13(9)21)14(10)22/h10-12,14-16,22-24H,1,3-8H2,2H3/t10-,11-,12+,14+,15-,16-,17-,18+,19-,20-/m0/s1. The zero-order valence-corrected chi connectivity index (χ0v) is 15.0. The molecule has 0 amide bonds. The van der Waals surface area contributed by atoms with Crippen LogP contribution >= 0.6 is 0 Å². The monoisotopic (exact) mass is 362 g/mol. The third kappa shape index (κ3) is 1.24. The van der Waals surface area contributed by atoms with E-state index in [2.05, 4.69) is 13.5 Å². The van der Waals surface area contributed by atoms with Crippen molar-refractivity contribution in [3.63, 3.8) is 0 Å². The van der Waals surface area contributed by atoms with Gasteiger partial charge in [0.25, 0.3) is 0 Å². The Bertz CT molecular complexity index is 751. The van der Waals surface area contributed by atoms with Crippen LogP contribution in [0.5, 0.6) is 0 Å². The van der Waals surface area contributed by atoms with E-state index in [4.69, 9.17) is 9.47 Å². The minimum atomic E-state index is -2.12. The number of aliphatic hydroxyl groups is 3. The van der Waals surface area contributed by atoms with E-state index >= 15 is 0 Å². The van der Waals surface area contributed by atoms with Crippen molar-refractivity contribution in [3.05, 3.63) is 12.2 Å². The van der Waals surface area contributed by atoms with Crippen molar-refractivity contribution in [1.82, 2.24) is 0 Å². The highest BCUT2D eigenvalue weighted by molar-refractivity contribution is 6.05. The van der Waals surface area contributed by atoms with Gasteiger partial charge in [0.15, 0.2) is 12.1 Å². The topological polar surface area (TPSA) is 96.2 Å². The number of Topliss-reactive ketones (excluding diaryl/α,β-unsaturated/α-hetero) is 1. The molecule has 7 aliphatic rings. The van der Waals surface area contributed by atoms with E-state index in [1.807, 2.05) is 0 Å². The molecule has 6 heteroatoms. The lowest BCUT2D eigenvalue weighted by atomic mass is 9.35. The summed E-state index contributed by atoms with van der Waals surface area (Å²) in [6, 6.07) is 0. The molecule has 4 saturated carbocycles. The summed E-state index contributed by atoms with van der Waals surface area (Å²) >= 11 is 0. The maximum absolute atomic E-state index is 13.4. The van der Waals surface area contributed by atoms with Gasteiger partial charge in [-0.3, -0.25) is 4.79 Å². The largest absolute Gasteiger partial charge is 0.391 e. The normalized spacial score (nSPS) is 65.2. The van der Waals surface area contributed by atoms with Crippen LogP contribution in [-0.2, 0) is 14.3 Å². The lowest BCUT2D eigenvalue weighted by Crippen LogP contribution is -2.87. The highest BCUT2D eigenvalue weighted by Crippen LogP contribution is 2.79. The van der Waals surface area contributed by atoms with Crippen LogP contribution in [0.25, 0.3) is 0 Å². The number of carbonyl (C=O) groups excluding carboxylic acids is 1. The zero-order valence-electron chi connectivity index (χ0n) is 15.0. The second-order valence-electron chi connectivity index (χ2n) is 9.90. The number of fused-ring (bicyclic) bond motifs is 1. The first-order chi connectivity index (χ1) is 12.2. The number of aliphatic hydroxyl groups excluding tert-OH is 2. The molecule has 3 N–H and O–H groups in total. The average molecular weight is 362 g/mol.